The Kier molecular flexibility index (Phi) is 7.61. The van der Waals surface area contributed by atoms with E-state index in [-0.39, 0.29) is 16.2 Å². The molecule has 0 radical (unpaired) electrons. The number of hydrogen-bond acceptors (Lipinski definition) is 2. The number of fused-ring (bicyclic) bond motifs is 3. The highest BCUT2D eigenvalue weighted by molar-refractivity contribution is 5.85. The van der Waals surface area contributed by atoms with Crippen molar-refractivity contribution in [2.75, 3.05) is 4.90 Å². The Morgan fingerprint density at radius 2 is 1.02 bits per heavy atom. The molecule has 0 unspecified atom stereocenters. The second kappa shape index (κ2) is 12.5. The Hall–Kier alpha value is -5.08. The van der Waals surface area contributed by atoms with Crippen molar-refractivity contribution in [3.63, 3.8) is 0 Å². The Labute approximate surface area is 333 Å². The maximum Gasteiger partial charge on any atom is 0.155 e. The van der Waals surface area contributed by atoms with Crippen LogP contribution in [-0.2, 0) is 16.2 Å². The summed E-state index contributed by atoms with van der Waals surface area (Å²) in [4.78, 5) is 2.52. The summed E-state index contributed by atoms with van der Waals surface area (Å²) in [5.74, 6) is 5.08. The Balaban J connectivity index is 1.14. The minimum absolute atomic E-state index is 0.0493. The van der Waals surface area contributed by atoms with Gasteiger partial charge in [0.2, 0.25) is 0 Å². The molecule has 0 N–H and O–H groups in total. The molecular weight excluding hydrogens is 679 g/mol. The summed E-state index contributed by atoms with van der Waals surface area (Å²) in [6, 6.07) is 52.5. The molecule has 280 valence electrons. The summed E-state index contributed by atoms with van der Waals surface area (Å²) in [6.07, 6.45) is 9.14. The lowest BCUT2D eigenvalue weighted by Crippen LogP contribution is -2.57. The molecule has 4 fully saturated rings. The quantitative estimate of drug-likeness (QED) is 0.175. The predicted molar refractivity (Wildman–Crippen MR) is 232 cm³/mol. The molecular formula is C54H53NO. The van der Waals surface area contributed by atoms with Crippen molar-refractivity contribution in [1.29, 1.82) is 0 Å². The Morgan fingerprint density at radius 3 is 1.68 bits per heavy atom. The van der Waals surface area contributed by atoms with Gasteiger partial charge in [-0.1, -0.05) is 131 Å². The minimum Gasteiger partial charge on any atom is -0.454 e. The van der Waals surface area contributed by atoms with E-state index in [0.717, 1.165) is 34.7 Å². The summed E-state index contributed by atoms with van der Waals surface area (Å²) in [6.45, 7) is 9.73. The van der Waals surface area contributed by atoms with E-state index in [0.29, 0.717) is 11.8 Å². The van der Waals surface area contributed by atoms with Gasteiger partial charge in [0, 0.05) is 27.9 Å². The van der Waals surface area contributed by atoms with Crippen LogP contribution in [0.4, 0.5) is 17.1 Å². The van der Waals surface area contributed by atoms with Crippen LogP contribution in [0.2, 0.25) is 0 Å². The van der Waals surface area contributed by atoms with Crippen molar-refractivity contribution in [3.05, 3.63) is 162 Å². The average Bonchev–Trinajstić information content (AvgIpc) is 3.22. The fraction of sp³-hybridized carbons (Fsp3) is 0.333. The maximum absolute atomic E-state index is 7.46. The molecule has 6 aromatic rings. The lowest BCUT2D eigenvalue weighted by Gasteiger charge is -2.63. The maximum atomic E-state index is 7.46. The smallest absolute Gasteiger partial charge is 0.155 e. The second-order valence-corrected chi connectivity index (χ2v) is 19.3. The zero-order valence-electron chi connectivity index (χ0n) is 33.4. The number of rotatable bonds is 5. The van der Waals surface area contributed by atoms with Crippen LogP contribution in [0.1, 0.15) is 94.9 Å². The molecule has 0 atom stereocenters. The fourth-order valence-electron chi connectivity index (χ4n) is 12.5. The summed E-state index contributed by atoms with van der Waals surface area (Å²) in [7, 11) is 0. The molecule has 4 saturated carbocycles. The molecule has 0 saturated heterocycles. The van der Waals surface area contributed by atoms with Crippen LogP contribution >= 0.6 is 0 Å². The van der Waals surface area contributed by atoms with E-state index in [1.165, 1.54) is 95.1 Å². The van der Waals surface area contributed by atoms with E-state index < -0.39 is 0 Å². The van der Waals surface area contributed by atoms with Crippen LogP contribution in [0, 0.1) is 23.7 Å². The topological polar surface area (TPSA) is 12.5 Å². The van der Waals surface area contributed by atoms with Crippen LogP contribution in [0.15, 0.2) is 140 Å². The molecule has 1 aliphatic heterocycles. The van der Waals surface area contributed by atoms with E-state index in [1.54, 1.807) is 0 Å². The van der Waals surface area contributed by atoms with Gasteiger partial charge < -0.3 is 9.64 Å². The molecule has 5 aliphatic carbocycles. The molecule has 4 bridgehead atoms. The van der Waals surface area contributed by atoms with E-state index in [4.69, 9.17) is 4.74 Å². The molecule has 2 nitrogen and oxygen atoms in total. The highest BCUT2D eigenvalue weighted by Gasteiger charge is 2.61. The fourth-order valence-corrected chi connectivity index (χ4v) is 12.5. The largest absolute Gasteiger partial charge is 0.454 e. The lowest BCUT2D eigenvalue weighted by atomic mass is 9.41. The zero-order valence-corrected chi connectivity index (χ0v) is 33.4. The van der Waals surface area contributed by atoms with Crippen LogP contribution in [0.5, 0.6) is 11.5 Å². The molecule has 1 spiro atoms. The summed E-state index contributed by atoms with van der Waals surface area (Å²) in [5, 5.41) is 0. The van der Waals surface area contributed by atoms with Gasteiger partial charge in [-0.3, -0.25) is 0 Å². The van der Waals surface area contributed by atoms with Gasteiger partial charge in [-0.15, -0.1) is 0 Å². The monoisotopic (exact) mass is 731 g/mol. The molecule has 2 heteroatoms. The van der Waals surface area contributed by atoms with Crippen LogP contribution in [0.3, 0.4) is 0 Å². The SMILES string of the molecule is CC1(C)CCC(C)(C)c2cc(N(c3ccc(-c4ccccc4)cc3)c3cccc4c3Oc3cc(-c5ccccc5)ccc3C43C4CC5CC(C4)CC3C5)ccc21. The third kappa shape index (κ3) is 5.13. The Morgan fingerprint density at radius 1 is 0.464 bits per heavy atom. The third-order valence-corrected chi connectivity index (χ3v) is 15.2. The van der Waals surface area contributed by atoms with E-state index in [2.05, 4.69) is 172 Å². The van der Waals surface area contributed by atoms with Crippen molar-refractivity contribution < 1.29 is 4.74 Å². The standard InChI is InChI=1S/C54H53NO/c1-52(2)26-27-53(3,4)48-34-44(23-25-45(48)52)55(43-21-18-39(19-22-43)37-12-7-5-8-13-37)49-17-11-16-47-51(49)56-50-33-40(38-14-9-6-10-15-38)20-24-46(50)54(47)41-29-35-28-36(31-41)32-42(54)30-35/h5-25,33-36,41-42H,26-32H2,1-4H3. The van der Waals surface area contributed by atoms with Crippen LogP contribution < -0.4 is 9.64 Å². The second-order valence-electron chi connectivity index (χ2n) is 19.3. The highest BCUT2D eigenvalue weighted by atomic mass is 16.5. The number of para-hydroxylation sites is 1. The van der Waals surface area contributed by atoms with Crippen LogP contribution in [0.25, 0.3) is 22.3 Å². The highest BCUT2D eigenvalue weighted by Crippen LogP contribution is 2.70. The number of benzene rings is 6. The summed E-state index contributed by atoms with van der Waals surface area (Å²) in [5.41, 5.74) is 14.4. The zero-order chi connectivity index (χ0) is 37.8. The molecule has 56 heavy (non-hydrogen) atoms. The van der Waals surface area contributed by atoms with Crippen molar-refractivity contribution in [3.8, 4) is 33.8 Å². The minimum atomic E-state index is -0.0493. The van der Waals surface area contributed by atoms with Crippen LogP contribution in [-0.4, -0.2) is 0 Å². The van der Waals surface area contributed by atoms with E-state index in [1.807, 2.05) is 0 Å². The van der Waals surface area contributed by atoms with Gasteiger partial charge in [-0.05, 0) is 149 Å². The number of nitrogens with zero attached hydrogens (tertiary/aromatic N) is 1. The number of hydrogen-bond donors (Lipinski definition) is 0. The number of ether oxygens (including phenoxy) is 1. The first-order chi connectivity index (χ1) is 27.2. The summed E-state index contributed by atoms with van der Waals surface area (Å²) >= 11 is 0. The predicted octanol–water partition coefficient (Wildman–Crippen LogP) is 14.7. The molecule has 6 aromatic carbocycles. The van der Waals surface area contributed by atoms with Crippen molar-refractivity contribution in [1.82, 2.24) is 0 Å². The van der Waals surface area contributed by atoms with E-state index >= 15 is 0 Å². The van der Waals surface area contributed by atoms with Gasteiger partial charge >= 0.3 is 0 Å². The van der Waals surface area contributed by atoms with Gasteiger partial charge in [-0.25, -0.2) is 0 Å². The first-order valence-electron chi connectivity index (χ1n) is 21.3. The normalized spacial score (nSPS) is 25.9. The molecule has 1 heterocycles. The van der Waals surface area contributed by atoms with Gasteiger partial charge in [-0.2, -0.15) is 0 Å². The van der Waals surface area contributed by atoms with E-state index in [9.17, 15) is 0 Å². The van der Waals surface area contributed by atoms with Crippen molar-refractivity contribution in [2.45, 2.75) is 88.9 Å². The average molecular weight is 732 g/mol. The van der Waals surface area contributed by atoms with Crippen molar-refractivity contribution in [2.24, 2.45) is 23.7 Å². The molecule has 0 amide bonds. The molecule has 12 rings (SSSR count). The lowest BCUT2D eigenvalue weighted by molar-refractivity contribution is -0.0451. The third-order valence-electron chi connectivity index (χ3n) is 15.2. The first kappa shape index (κ1) is 34.2. The first-order valence-corrected chi connectivity index (χ1v) is 21.3. The molecule has 0 aromatic heterocycles. The van der Waals surface area contributed by atoms with Gasteiger partial charge in [0.25, 0.3) is 0 Å². The van der Waals surface area contributed by atoms with Gasteiger partial charge in [0.1, 0.15) is 5.75 Å². The Bertz CT molecular complexity index is 2430. The summed E-state index contributed by atoms with van der Waals surface area (Å²) < 4.78 is 7.46. The van der Waals surface area contributed by atoms with Gasteiger partial charge in [0.05, 0.1) is 5.69 Å². The van der Waals surface area contributed by atoms with Crippen molar-refractivity contribution >= 4 is 17.1 Å². The molecule has 6 aliphatic rings. The van der Waals surface area contributed by atoms with Gasteiger partial charge in [0.15, 0.2) is 5.75 Å². The number of anilines is 3.